The Morgan fingerprint density at radius 3 is 2.44 bits per heavy atom. The van der Waals surface area contributed by atoms with Crippen LogP contribution in [-0.4, -0.2) is 37.2 Å². The minimum absolute atomic E-state index is 0.827. The normalized spacial score (nSPS) is 33.4. The third kappa shape index (κ3) is 2.98. The van der Waals surface area contributed by atoms with E-state index in [4.69, 9.17) is 4.74 Å². The Hall–Kier alpha value is -0.0800. The summed E-state index contributed by atoms with van der Waals surface area (Å²) in [5, 5.41) is 0. The van der Waals surface area contributed by atoms with E-state index in [1.165, 1.54) is 45.2 Å². The lowest BCUT2D eigenvalue weighted by atomic mass is 9.94. The van der Waals surface area contributed by atoms with Crippen molar-refractivity contribution in [2.24, 2.45) is 11.8 Å². The lowest BCUT2D eigenvalue weighted by Gasteiger charge is -2.37. The fourth-order valence-corrected chi connectivity index (χ4v) is 3.40. The van der Waals surface area contributed by atoms with E-state index >= 15 is 0 Å². The van der Waals surface area contributed by atoms with Gasteiger partial charge in [-0.25, -0.2) is 0 Å². The van der Waals surface area contributed by atoms with E-state index in [1.807, 2.05) is 0 Å². The second-order valence-corrected chi connectivity index (χ2v) is 5.61. The van der Waals surface area contributed by atoms with Crippen LogP contribution in [0.15, 0.2) is 0 Å². The maximum Gasteiger partial charge on any atom is 0.0495 e. The van der Waals surface area contributed by atoms with Crippen molar-refractivity contribution in [2.75, 3.05) is 26.3 Å². The molecule has 2 rings (SSSR count). The molecule has 0 spiro atoms. The van der Waals surface area contributed by atoms with Gasteiger partial charge in [0.1, 0.15) is 0 Å². The zero-order chi connectivity index (χ0) is 11.4. The Kier molecular flexibility index (Phi) is 4.66. The number of nitrogens with zero attached hydrogens (tertiary/aromatic N) is 1. The van der Waals surface area contributed by atoms with Gasteiger partial charge in [-0.15, -0.1) is 0 Å². The molecule has 16 heavy (non-hydrogen) atoms. The molecule has 0 amide bonds. The Morgan fingerprint density at radius 2 is 1.88 bits per heavy atom. The molecule has 94 valence electrons. The highest BCUT2D eigenvalue weighted by molar-refractivity contribution is 4.85. The molecule has 1 saturated carbocycles. The molecule has 0 bridgehead atoms. The van der Waals surface area contributed by atoms with Crippen molar-refractivity contribution in [1.82, 2.24) is 4.90 Å². The number of ether oxygens (including phenoxy) is 1. The van der Waals surface area contributed by atoms with Crippen molar-refractivity contribution in [1.29, 1.82) is 0 Å². The van der Waals surface area contributed by atoms with Gasteiger partial charge in [0.25, 0.3) is 0 Å². The van der Waals surface area contributed by atoms with Gasteiger partial charge in [0.05, 0.1) is 0 Å². The first kappa shape index (κ1) is 12.4. The van der Waals surface area contributed by atoms with Gasteiger partial charge < -0.3 is 9.64 Å². The molecule has 2 aliphatic rings. The van der Waals surface area contributed by atoms with Crippen LogP contribution in [0.1, 0.15) is 46.0 Å². The largest absolute Gasteiger partial charge is 0.381 e. The van der Waals surface area contributed by atoms with Crippen LogP contribution < -0.4 is 0 Å². The topological polar surface area (TPSA) is 12.5 Å². The molecule has 0 aromatic carbocycles. The van der Waals surface area contributed by atoms with Crippen LogP contribution in [-0.2, 0) is 4.74 Å². The molecule has 2 atom stereocenters. The zero-order valence-electron chi connectivity index (χ0n) is 11.0. The van der Waals surface area contributed by atoms with Gasteiger partial charge in [0, 0.05) is 19.3 Å². The highest BCUT2D eigenvalue weighted by Gasteiger charge is 2.31. The average Bonchev–Trinajstić information content (AvgIpc) is 2.74. The summed E-state index contributed by atoms with van der Waals surface area (Å²) >= 11 is 0. The van der Waals surface area contributed by atoms with Crippen LogP contribution in [0.5, 0.6) is 0 Å². The van der Waals surface area contributed by atoms with Crippen LogP contribution in [0.25, 0.3) is 0 Å². The highest BCUT2D eigenvalue weighted by atomic mass is 16.5. The Morgan fingerprint density at radius 1 is 1.12 bits per heavy atom. The molecule has 0 N–H and O–H groups in total. The third-order valence-corrected chi connectivity index (χ3v) is 4.49. The van der Waals surface area contributed by atoms with Gasteiger partial charge in [-0.3, -0.25) is 0 Å². The summed E-state index contributed by atoms with van der Waals surface area (Å²) in [5.74, 6) is 1.76. The summed E-state index contributed by atoms with van der Waals surface area (Å²) in [6, 6.07) is 0.896. The second-order valence-electron chi connectivity index (χ2n) is 5.61. The monoisotopic (exact) mass is 225 g/mol. The van der Waals surface area contributed by atoms with Gasteiger partial charge >= 0.3 is 0 Å². The average molecular weight is 225 g/mol. The Labute approximate surface area is 100 Å². The lowest BCUT2D eigenvalue weighted by Crippen LogP contribution is -2.43. The van der Waals surface area contributed by atoms with E-state index < -0.39 is 0 Å². The number of likely N-dealkylation sites (tertiary alicyclic amines) is 1. The maximum atomic E-state index is 5.54. The summed E-state index contributed by atoms with van der Waals surface area (Å²) in [4.78, 5) is 2.75. The molecule has 2 heteroatoms. The van der Waals surface area contributed by atoms with Crippen molar-refractivity contribution in [3.05, 3.63) is 0 Å². The fraction of sp³-hybridized carbons (Fsp3) is 1.00. The first-order chi connectivity index (χ1) is 7.81. The first-order valence-electron chi connectivity index (χ1n) is 7.13. The number of rotatable bonds is 4. The minimum atomic E-state index is 0.827. The van der Waals surface area contributed by atoms with Gasteiger partial charge in [-0.05, 0) is 57.5 Å². The number of piperidine rings is 1. The summed E-state index contributed by atoms with van der Waals surface area (Å²) in [7, 11) is 0. The number of hydrogen-bond donors (Lipinski definition) is 0. The van der Waals surface area contributed by atoms with Gasteiger partial charge in [-0.1, -0.05) is 13.3 Å². The van der Waals surface area contributed by atoms with E-state index in [2.05, 4.69) is 18.7 Å². The smallest absolute Gasteiger partial charge is 0.0495 e. The van der Waals surface area contributed by atoms with E-state index in [0.717, 1.165) is 31.1 Å². The summed E-state index contributed by atoms with van der Waals surface area (Å²) in [6.45, 7) is 9.02. The minimum Gasteiger partial charge on any atom is -0.381 e. The fourth-order valence-electron chi connectivity index (χ4n) is 3.40. The van der Waals surface area contributed by atoms with Gasteiger partial charge in [-0.2, -0.15) is 0 Å². The molecule has 1 aliphatic carbocycles. The zero-order valence-corrected chi connectivity index (χ0v) is 11.0. The molecule has 2 fully saturated rings. The van der Waals surface area contributed by atoms with Crippen LogP contribution in [0.3, 0.4) is 0 Å². The van der Waals surface area contributed by atoms with E-state index in [9.17, 15) is 0 Å². The molecule has 1 heterocycles. The Bertz CT molecular complexity index is 199. The van der Waals surface area contributed by atoms with Crippen molar-refractivity contribution in [3.63, 3.8) is 0 Å². The molecule has 1 unspecified atom stereocenters. The highest BCUT2D eigenvalue weighted by Crippen LogP contribution is 2.32. The number of hydrogen-bond acceptors (Lipinski definition) is 2. The van der Waals surface area contributed by atoms with Crippen LogP contribution in [0, 0.1) is 11.8 Å². The summed E-state index contributed by atoms with van der Waals surface area (Å²) in [6.07, 6.45) is 7.04. The molecular weight excluding hydrogens is 198 g/mol. The van der Waals surface area contributed by atoms with Gasteiger partial charge in [0.15, 0.2) is 0 Å². The second kappa shape index (κ2) is 6.02. The van der Waals surface area contributed by atoms with E-state index in [-0.39, 0.29) is 0 Å². The molecule has 1 saturated heterocycles. The predicted molar refractivity (Wildman–Crippen MR) is 67.6 cm³/mol. The van der Waals surface area contributed by atoms with Gasteiger partial charge in [0.2, 0.25) is 0 Å². The predicted octanol–water partition coefficient (Wildman–Crippen LogP) is 2.92. The molecule has 0 radical (unpaired) electrons. The van der Waals surface area contributed by atoms with E-state index in [0.29, 0.717) is 0 Å². The summed E-state index contributed by atoms with van der Waals surface area (Å²) in [5.41, 5.74) is 0. The molecule has 1 aliphatic heterocycles. The summed E-state index contributed by atoms with van der Waals surface area (Å²) < 4.78 is 5.54. The van der Waals surface area contributed by atoms with Crippen LogP contribution in [0.4, 0.5) is 0 Å². The maximum absolute atomic E-state index is 5.54. The van der Waals surface area contributed by atoms with Crippen molar-refractivity contribution in [3.8, 4) is 0 Å². The SMILES string of the molecule is CCOCC1CCN(C2CCC[C@H]2C)CC1. The van der Waals surface area contributed by atoms with E-state index in [1.54, 1.807) is 0 Å². The first-order valence-corrected chi connectivity index (χ1v) is 7.13. The van der Waals surface area contributed by atoms with Crippen LogP contribution in [0.2, 0.25) is 0 Å². The molecule has 0 aromatic rings. The molecular formula is C14H27NO. The lowest BCUT2D eigenvalue weighted by molar-refractivity contribution is 0.0549. The van der Waals surface area contributed by atoms with Crippen molar-refractivity contribution >= 4 is 0 Å². The van der Waals surface area contributed by atoms with Crippen molar-refractivity contribution in [2.45, 2.75) is 52.0 Å². The van der Waals surface area contributed by atoms with Crippen LogP contribution >= 0.6 is 0 Å². The van der Waals surface area contributed by atoms with Crippen molar-refractivity contribution < 1.29 is 4.74 Å². The third-order valence-electron chi connectivity index (χ3n) is 4.49. The standard InChI is InChI=1S/C14H27NO/c1-3-16-11-13-7-9-15(10-8-13)14-6-4-5-12(14)2/h12-14H,3-11H2,1-2H3/t12-,14?/m1/s1. The molecule has 0 aromatic heterocycles. The quantitative estimate of drug-likeness (QED) is 0.729. The molecule has 2 nitrogen and oxygen atoms in total. The Balaban J connectivity index is 1.72.